The van der Waals surface area contributed by atoms with Crippen molar-refractivity contribution in [2.24, 2.45) is 0 Å². The number of hydrogen-bond acceptors (Lipinski definition) is 3. The van der Waals surface area contributed by atoms with Gasteiger partial charge in [-0.1, -0.05) is 0 Å². The van der Waals surface area contributed by atoms with Gasteiger partial charge in [0, 0.05) is 12.1 Å². The molecule has 0 radical (unpaired) electrons. The van der Waals surface area contributed by atoms with Gasteiger partial charge in [-0.2, -0.15) is 5.26 Å². The molecule has 0 atom stereocenters. The lowest BCUT2D eigenvalue weighted by Crippen LogP contribution is -1.97. The fourth-order valence-corrected chi connectivity index (χ4v) is 0.724. The summed E-state index contributed by atoms with van der Waals surface area (Å²) in [6.07, 6.45) is 1.34. The molecule has 1 heterocycles. The second kappa shape index (κ2) is 3.89. The van der Waals surface area contributed by atoms with E-state index in [1.807, 2.05) is 0 Å². The lowest BCUT2D eigenvalue weighted by atomic mass is 10.2. The molecule has 0 aliphatic heterocycles. The molecule has 0 spiro atoms. The molecule has 0 bridgehead atoms. The third-order valence-corrected chi connectivity index (χ3v) is 1.25. The van der Waals surface area contributed by atoms with E-state index in [0.717, 1.165) is 0 Å². The predicted octanol–water partition coefficient (Wildman–Crippen LogP) is 0.655. The molecule has 4 nitrogen and oxygen atoms in total. The van der Waals surface area contributed by atoms with Gasteiger partial charge in [-0.25, -0.2) is 9.78 Å². The summed E-state index contributed by atoms with van der Waals surface area (Å²) in [7, 11) is 0. The monoisotopic (exact) mass is 172 g/mol. The zero-order valence-electron chi connectivity index (χ0n) is 6.48. The Morgan fingerprint density at radius 1 is 1.62 bits per heavy atom. The number of carboxylic acid groups (broad SMARTS) is 1. The summed E-state index contributed by atoms with van der Waals surface area (Å²) >= 11 is 0. The Hall–Kier alpha value is -2.33. The quantitative estimate of drug-likeness (QED) is 0.631. The van der Waals surface area contributed by atoms with Gasteiger partial charge in [0.25, 0.3) is 0 Å². The Bertz CT molecular complexity index is 435. The van der Waals surface area contributed by atoms with Crippen molar-refractivity contribution in [1.82, 2.24) is 4.98 Å². The van der Waals surface area contributed by atoms with Gasteiger partial charge in [0.2, 0.25) is 0 Å². The first kappa shape index (κ1) is 8.76. The van der Waals surface area contributed by atoms with E-state index < -0.39 is 5.97 Å². The molecule has 62 valence electrons. The Balaban J connectivity index is 3.07. The fraction of sp³-hybridized carbons (Fsp3) is 0. The number of nitriles is 1. The van der Waals surface area contributed by atoms with E-state index in [-0.39, 0.29) is 11.3 Å². The molecule has 0 fully saturated rings. The van der Waals surface area contributed by atoms with Crippen LogP contribution in [0.25, 0.3) is 0 Å². The summed E-state index contributed by atoms with van der Waals surface area (Å²) in [5.74, 6) is 3.50. The summed E-state index contributed by atoms with van der Waals surface area (Å²) < 4.78 is 0. The van der Waals surface area contributed by atoms with E-state index >= 15 is 0 Å². The number of aromatic nitrogens is 1. The first-order valence-electron chi connectivity index (χ1n) is 3.33. The van der Waals surface area contributed by atoms with Crippen molar-refractivity contribution in [3.05, 3.63) is 29.6 Å². The van der Waals surface area contributed by atoms with E-state index in [2.05, 4.69) is 16.8 Å². The average molecular weight is 172 g/mol. The molecule has 13 heavy (non-hydrogen) atoms. The largest absolute Gasteiger partial charge is 0.478 e. The van der Waals surface area contributed by atoms with Gasteiger partial charge in [0.05, 0.1) is 5.56 Å². The number of carboxylic acids is 1. The van der Waals surface area contributed by atoms with Gasteiger partial charge >= 0.3 is 5.97 Å². The van der Waals surface area contributed by atoms with E-state index in [1.54, 1.807) is 6.07 Å². The van der Waals surface area contributed by atoms with Crippen LogP contribution in [0.3, 0.4) is 0 Å². The van der Waals surface area contributed by atoms with Crippen LogP contribution in [0.2, 0.25) is 0 Å². The van der Waals surface area contributed by atoms with Crippen LogP contribution in [0.1, 0.15) is 16.1 Å². The molecule has 0 aromatic carbocycles. The maximum absolute atomic E-state index is 10.5. The van der Waals surface area contributed by atoms with Crippen molar-refractivity contribution in [2.75, 3.05) is 0 Å². The first-order chi connectivity index (χ1) is 6.24. The van der Waals surface area contributed by atoms with Crippen LogP contribution in [-0.4, -0.2) is 16.1 Å². The number of nitrogens with zero attached hydrogens (tertiary/aromatic N) is 2. The van der Waals surface area contributed by atoms with Crippen molar-refractivity contribution in [3.63, 3.8) is 0 Å². The molecular weight excluding hydrogens is 168 g/mol. The maximum Gasteiger partial charge on any atom is 0.335 e. The van der Waals surface area contributed by atoms with Crippen LogP contribution in [0.15, 0.2) is 18.3 Å². The second-order valence-electron chi connectivity index (χ2n) is 2.10. The highest BCUT2D eigenvalue weighted by Gasteiger charge is 2.01. The highest BCUT2D eigenvalue weighted by Crippen LogP contribution is 1.99. The van der Waals surface area contributed by atoms with Gasteiger partial charge in [0.1, 0.15) is 5.69 Å². The minimum absolute atomic E-state index is 0.109. The molecule has 0 unspecified atom stereocenters. The topological polar surface area (TPSA) is 74.0 Å². The Morgan fingerprint density at radius 3 is 3.00 bits per heavy atom. The number of rotatable bonds is 1. The standard InChI is InChI=1S/C9H4N2O2/c10-4-1-2-8-6-7(9(12)13)3-5-11-8/h3,5-6H,(H,12,13). The van der Waals surface area contributed by atoms with Gasteiger partial charge in [-0.3, -0.25) is 0 Å². The molecule has 1 rings (SSSR count). The molecule has 4 heteroatoms. The van der Waals surface area contributed by atoms with Gasteiger partial charge < -0.3 is 5.11 Å². The highest BCUT2D eigenvalue weighted by molar-refractivity contribution is 5.87. The molecule has 1 aromatic heterocycles. The van der Waals surface area contributed by atoms with Crippen molar-refractivity contribution in [2.45, 2.75) is 0 Å². The van der Waals surface area contributed by atoms with Gasteiger partial charge in [-0.05, 0) is 18.1 Å². The summed E-state index contributed by atoms with van der Waals surface area (Å²) in [5.41, 5.74) is 0.388. The lowest BCUT2D eigenvalue weighted by Gasteiger charge is -1.92. The Labute approximate surface area is 74.5 Å². The zero-order valence-corrected chi connectivity index (χ0v) is 6.48. The molecule has 0 aliphatic carbocycles. The van der Waals surface area contributed by atoms with Crippen molar-refractivity contribution >= 4 is 5.97 Å². The summed E-state index contributed by atoms with van der Waals surface area (Å²) in [6, 6.07) is 4.29. The van der Waals surface area contributed by atoms with Crippen LogP contribution < -0.4 is 0 Å². The zero-order chi connectivity index (χ0) is 9.68. The molecular formula is C9H4N2O2. The van der Waals surface area contributed by atoms with Crippen LogP contribution in [0.4, 0.5) is 0 Å². The van der Waals surface area contributed by atoms with Crippen molar-refractivity contribution in [3.8, 4) is 17.9 Å². The van der Waals surface area contributed by atoms with Gasteiger partial charge in [-0.15, -0.1) is 0 Å². The van der Waals surface area contributed by atoms with E-state index in [0.29, 0.717) is 0 Å². The molecule has 1 aromatic rings. The van der Waals surface area contributed by atoms with Crippen molar-refractivity contribution < 1.29 is 9.90 Å². The maximum atomic E-state index is 10.5. The van der Waals surface area contributed by atoms with Crippen LogP contribution in [0, 0.1) is 23.2 Å². The van der Waals surface area contributed by atoms with Crippen LogP contribution in [0.5, 0.6) is 0 Å². The number of hydrogen-bond donors (Lipinski definition) is 1. The van der Waals surface area contributed by atoms with E-state index in [1.165, 1.54) is 18.3 Å². The number of aromatic carboxylic acids is 1. The predicted molar refractivity (Wildman–Crippen MR) is 43.7 cm³/mol. The smallest absolute Gasteiger partial charge is 0.335 e. The number of pyridine rings is 1. The Kier molecular flexibility index (Phi) is 2.62. The molecule has 0 amide bonds. The Morgan fingerprint density at radius 2 is 2.38 bits per heavy atom. The minimum atomic E-state index is -1.04. The fourth-order valence-electron chi connectivity index (χ4n) is 0.724. The van der Waals surface area contributed by atoms with Crippen LogP contribution >= 0.6 is 0 Å². The third-order valence-electron chi connectivity index (χ3n) is 1.25. The minimum Gasteiger partial charge on any atom is -0.478 e. The molecule has 0 saturated heterocycles. The van der Waals surface area contributed by atoms with Crippen molar-refractivity contribution in [1.29, 1.82) is 5.26 Å². The third kappa shape index (κ3) is 2.32. The van der Waals surface area contributed by atoms with E-state index in [4.69, 9.17) is 10.4 Å². The summed E-state index contributed by atoms with van der Waals surface area (Å²) in [6.45, 7) is 0. The average Bonchev–Trinajstić information content (AvgIpc) is 2.15. The molecule has 1 N–H and O–H groups in total. The summed E-state index contributed by atoms with van der Waals surface area (Å²) in [4.78, 5) is 14.3. The second-order valence-corrected chi connectivity index (χ2v) is 2.10. The summed E-state index contributed by atoms with van der Waals surface area (Å²) in [5, 5.41) is 16.7. The normalized spacial score (nSPS) is 7.92. The highest BCUT2D eigenvalue weighted by atomic mass is 16.4. The van der Waals surface area contributed by atoms with Gasteiger partial charge in [0.15, 0.2) is 6.07 Å². The van der Waals surface area contributed by atoms with E-state index in [9.17, 15) is 4.79 Å². The molecule has 0 aliphatic rings. The first-order valence-corrected chi connectivity index (χ1v) is 3.33. The van der Waals surface area contributed by atoms with Crippen LogP contribution in [-0.2, 0) is 0 Å². The molecule has 0 saturated carbocycles. The lowest BCUT2D eigenvalue weighted by molar-refractivity contribution is 0.0696. The SMILES string of the molecule is N#CC#Cc1cc(C(=O)O)ccn1. The number of carbonyl (C=O) groups is 1.